The van der Waals surface area contributed by atoms with E-state index >= 15 is 0 Å². The zero-order valence-corrected chi connectivity index (χ0v) is 18.6. The number of Topliss-reactive ketones (excluding diaryl/α,β-unsaturated/α-hetero) is 1. The number of ether oxygens (including phenoxy) is 2. The summed E-state index contributed by atoms with van der Waals surface area (Å²) in [5.41, 5.74) is 0. The monoisotopic (exact) mass is 495 g/mol. The quantitative estimate of drug-likeness (QED) is 0.352. The fourth-order valence-corrected chi connectivity index (χ4v) is 6.67. The van der Waals surface area contributed by atoms with Crippen LogP contribution in [-0.4, -0.2) is 54.8 Å². The average molecular weight is 495 g/mol. The third-order valence-electron chi connectivity index (χ3n) is 7.89. The third-order valence-corrected chi connectivity index (χ3v) is 8.81. The van der Waals surface area contributed by atoms with Crippen molar-refractivity contribution in [3.8, 4) is 0 Å². The smallest absolute Gasteiger partial charge is 0.364 e. The molecule has 8 atom stereocenters. The van der Waals surface area contributed by atoms with Crippen LogP contribution in [0.4, 0.5) is 13.2 Å². The maximum absolute atomic E-state index is 13.6. The number of hydrogen-bond donors (Lipinski definition) is 0. The standard InChI is InChI=1S/C21H27F3O8S/c22-17(21(23,24)33(28,29)30)5-6-31-19(26)12-4-2-1-3-11(12)16(25)9-13-10-7-14-15(8-10)20(27)32-18(13)14/h10-15,17-18H,1-9H2,(H,28,29,30)/p-1. The molecule has 3 saturated carbocycles. The topological polar surface area (TPSA) is 127 Å². The van der Waals surface area contributed by atoms with Crippen molar-refractivity contribution in [2.75, 3.05) is 6.61 Å². The summed E-state index contributed by atoms with van der Waals surface area (Å²) in [6.45, 7) is -0.839. The molecule has 8 unspecified atom stereocenters. The molecule has 4 aliphatic rings. The zero-order chi connectivity index (χ0) is 24.1. The minimum absolute atomic E-state index is 0.0626. The number of carbonyl (C=O) groups excluding carboxylic acids is 3. The summed E-state index contributed by atoms with van der Waals surface area (Å²) < 4.78 is 81.9. The number of carbonyl (C=O) groups is 3. The molecule has 4 rings (SSSR count). The summed E-state index contributed by atoms with van der Waals surface area (Å²) in [5, 5.41) is -5.12. The van der Waals surface area contributed by atoms with Gasteiger partial charge in [-0.05, 0) is 31.6 Å². The van der Waals surface area contributed by atoms with Crippen molar-refractivity contribution in [2.45, 2.75) is 68.9 Å². The molecule has 0 radical (unpaired) electrons. The zero-order valence-electron chi connectivity index (χ0n) is 17.8. The lowest BCUT2D eigenvalue weighted by atomic mass is 9.72. The van der Waals surface area contributed by atoms with E-state index in [9.17, 15) is 40.5 Å². The summed E-state index contributed by atoms with van der Waals surface area (Å²) in [7, 11) is -6.19. The molecule has 0 N–H and O–H groups in total. The molecule has 0 aromatic rings. The van der Waals surface area contributed by atoms with Crippen LogP contribution in [0.1, 0.15) is 51.4 Å². The van der Waals surface area contributed by atoms with Crippen molar-refractivity contribution in [2.24, 2.45) is 35.5 Å². The van der Waals surface area contributed by atoms with Gasteiger partial charge in [0.2, 0.25) is 0 Å². The van der Waals surface area contributed by atoms with Crippen LogP contribution in [0.25, 0.3) is 0 Å². The van der Waals surface area contributed by atoms with Crippen LogP contribution in [0.3, 0.4) is 0 Å². The van der Waals surface area contributed by atoms with Crippen LogP contribution in [-0.2, 0) is 34.0 Å². The predicted octanol–water partition coefficient (Wildman–Crippen LogP) is 2.36. The molecule has 0 aromatic carbocycles. The molecule has 186 valence electrons. The molecule has 3 aliphatic carbocycles. The fourth-order valence-electron chi connectivity index (χ4n) is 6.24. The summed E-state index contributed by atoms with van der Waals surface area (Å²) >= 11 is 0. The van der Waals surface area contributed by atoms with Crippen molar-refractivity contribution < 1.29 is 50.0 Å². The summed E-state index contributed by atoms with van der Waals surface area (Å²) in [4.78, 5) is 37.6. The van der Waals surface area contributed by atoms with Crippen LogP contribution >= 0.6 is 0 Å². The van der Waals surface area contributed by atoms with Crippen LogP contribution in [0.15, 0.2) is 0 Å². The largest absolute Gasteiger partial charge is 0.743 e. The van der Waals surface area contributed by atoms with E-state index in [1.165, 1.54) is 0 Å². The average Bonchev–Trinajstić information content (AvgIpc) is 3.38. The first-order valence-electron chi connectivity index (χ1n) is 11.3. The molecule has 12 heteroatoms. The van der Waals surface area contributed by atoms with Gasteiger partial charge in [-0.2, -0.15) is 8.78 Å². The van der Waals surface area contributed by atoms with E-state index in [0.717, 1.165) is 19.3 Å². The summed E-state index contributed by atoms with van der Waals surface area (Å²) in [5.74, 6) is -2.28. The molecular weight excluding hydrogens is 469 g/mol. The molecule has 1 saturated heterocycles. The van der Waals surface area contributed by atoms with E-state index in [-0.39, 0.29) is 47.9 Å². The van der Waals surface area contributed by atoms with E-state index in [2.05, 4.69) is 0 Å². The van der Waals surface area contributed by atoms with E-state index in [1.54, 1.807) is 0 Å². The number of esters is 2. The molecule has 4 fully saturated rings. The van der Waals surface area contributed by atoms with Gasteiger partial charge in [-0.3, -0.25) is 14.4 Å². The van der Waals surface area contributed by atoms with E-state index in [4.69, 9.17) is 9.47 Å². The lowest BCUT2D eigenvalue weighted by Gasteiger charge is -2.31. The van der Waals surface area contributed by atoms with E-state index in [1.807, 2.05) is 0 Å². The molecule has 2 bridgehead atoms. The first-order chi connectivity index (χ1) is 15.4. The highest BCUT2D eigenvalue weighted by Crippen LogP contribution is 2.58. The van der Waals surface area contributed by atoms with Crippen molar-refractivity contribution in [3.05, 3.63) is 0 Å². The van der Waals surface area contributed by atoms with Gasteiger partial charge >= 0.3 is 17.2 Å². The predicted molar refractivity (Wildman–Crippen MR) is 103 cm³/mol. The molecule has 0 amide bonds. The van der Waals surface area contributed by atoms with Crippen molar-refractivity contribution >= 4 is 27.8 Å². The third kappa shape index (κ3) is 4.40. The van der Waals surface area contributed by atoms with Crippen molar-refractivity contribution in [3.63, 3.8) is 0 Å². The SMILES string of the molecule is O=C(CC1C2CC3C(=O)OC1C3C2)C1CCCCC1C(=O)OCCC(F)C(F)(F)S(=O)(=O)[O-]. The molecule has 33 heavy (non-hydrogen) atoms. The van der Waals surface area contributed by atoms with E-state index < -0.39 is 52.4 Å². The Labute approximate surface area is 189 Å². The lowest BCUT2D eigenvalue weighted by molar-refractivity contribution is -0.155. The van der Waals surface area contributed by atoms with Crippen LogP contribution in [0.5, 0.6) is 0 Å². The lowest BCUT2D eigenvalue weighted by Crippen LogP contribution is -2.40. The maximum atomic E-state index is 13.6. The van der Waals surface area contributed by atoms with Gasteiger partial charge in [0.15, 0.2) is 16.3 Å². The van der Waals surface area contributed by atoms with Crippen LogP contribution in [0.2, 0.25) is 0 Å². The molecule has 1 aliphatic heterocycles. The highest BCUT2D eigenvalue weighted by molar-refractivity contribution is 7.86. The van der Waals surface area contributed by atoms with Gasteiger partial charge < -0.3 is 14.0 Å². The Bertz CT molecular complexity index is 922. The molecular formula is C21H26F3O8S-. The first kappa shape index (κ1) is 24.4. The fraction of sp³-hybridized carbons (Fsp3) is 0.857. The van der Waals surface area contributed by atoms with Gasteiger partial charge in [-0.25, -0.2) is 12.8 Å². The Morgan fingerprint density at radius 3 is 2.52 bits per heavy atom. The molecule has 0 aromatic heterocycles. The maximum Gasteiger partial charge on any atom is 0.364 e. The van der Waals surface area contributed by atoms with Gasteiger partial charge in [-0.15, -0.1) is 0 Å². The molecule has 8 nitrogen and oxygen atoms in total. The Morgan fingerprint density at radius 1 is 1.18 bits per heavy atom. The summed E-state index contributed by atoms with van der Waals surface area (Å²) in [6, 6.07) is 0. The number of alkyl halides is 3. The van der Waals surface area contributed by atoms with Crippen molar-refractivity contribution in [1.82, 2.24) is 0 Å². The molecule has 0 spiro atoms. The van der Waals surface area contributed by atoms with Crippen molar-refractivity contribution in [1.29, 1.82) is 0 Å². The normalized spacial score (nSPS) is 36.5. The first-order valence-corrected chi connectivity index (χ1v) is 12.7. The Balaban J connectivity index is 1.32. The highest BCUT2D eigenvalue weighted by atomic mass is 32.2. The minimum atomic E-state index is -6.19. The Morgan fingerprint density at radius 2 is 1.85 bits per heavy atom. The Kier molecular flexibility index (Phi) is 6.54. The second-order valence-corrected chi connectivity index (χ2v) is 11.1. The second-order valence-electron chi connectivity index (χ2n) is 9.67. The summed E-state index contributed by atoms with van der Waals surface area (Å²) in [6.07, 6.45) is -0.722. The van der Waals surface area contributed by atoms with Gasteiger partial charge in [-0.1, -0.05) is 12.8 Å². The Hall–Kier alpha value is -1.69. The number of halogens is 3. The van der Waals surface area contributed by atoms with Gasteiger partial charge in [0.25, 0.3) is 0 Å². The van der Waals surface area contributed by atoms with Crippen LogP contribution in [0, 0.1) is 35.5 Å². The van der Waals surface area contributed by atoms with Gasteiger partial charge in [0.05, 0.1) is 18.4 Å². The van der Waals surface area contributed by atoms with Gasteiger partial charge in [0, 0.05) is 30.6 Å². The highest BCUT2D eigenvalue weighted by Gasteiger charge is 2.62. The number of fused-ring (bicyclic) bond motifs is 1. The second kappa shape index (κ2) is 8.83. The number of ketones is 1. The van der Waals surface area contributed by atoms with Gasteiger partial charge in [0.1, 0.15) is 11.9 Å². The van der Waals surface area contributed by atoms with Crippen LogP contribution < -0.4 is 0 Å². The minimum Gasteiger partial charge on any atom is -0.743 e. The number of rotatable bonds is 9. The van der Waals surface area contributed by atoms with E-state index in [0.29, 0.717) is 19.3 Å². The number of hydrogen-bond acceptors (Lipinski definition) is 8. The molecule has 1 heterocycles.